The highest BCUT2D eigenvalue weighted by atomic mass is 16.6. The van der Waals surface area contributed by atoms with Crippen LogP contribution in [0.3, 0.4) is 0 Å². The molecule has 0 radical (unpaired) electrons. The number of aliphatic hydroxyl groups is 1. The van der Waals surface area contributed by atoms with Crippen molar-refractivity contribution in [3.8, 4) is 5.75 Å². The van der Waals surface area contributed by atoms with Gasteiger partial charge in [-0.05, 0) is 17.7 Å². The molecule has 1 atom stereocenters. The first-order valence-electron chi connectivity index (χ1n) is 4.86. The van der Waals surface area contributed by atoms with Crippen molar-refractivity contribution < 1.29 is 17.5 Å². The van der Waals surface area contributed by atoms with Crippen LogP contribution in [0, 0.1) is 10.1 Å². The lowest BCUT2D eigenvalue weighted by Gasteiger charge is -2.06. The molecule has 1 aromatic carbocycles. The zero-order valence-electron chi connectivity index (χ0n) is 9.51. The molecule has 0 bridgehead atoms. The molecule has 1 N–H and O–H groups in total. The van der Waals surface area contributed by atoms with E-state index >= 15 is 0 Å². The molecule has 0 saturated carbocycles. The van der Waals surface area contributed by atoms with E-state index in [1.54, 1.807) is 0 Å². The Morgan fingerprint density at radius 1 is 1.64 bits per heavy atom. The fraction of sp³-hybridized carbons (Fsp3) is 0.333. The fourth-order valence-corrected chi connectivity index (χ4v) is 0.961. The molecule has 0 heterocycles. The van der Waals surface area contributed by atoms with Crippen LogP contribution in [-0.4, -0.2) is 23.6 Å². The van der Waals surface area contributed by atoms with E-state index in [1.807, 2.05) is 0 Å². The van der Waals surface area contributed by atoms with E-state index in [1.165, 1.54) is 31.4 Å². The summed E-state index contributed by atoms with van der Waals surface area (Å²) >= 11 is 0. The number of hydrogen-bond acceptors (Lipinski definition) is 4. The molecule has 0 aromatic heterocycles. The lowest BCUT2D eigenvalue weighted by Crippen LogP contribution is -2.11. The second-order valence-electron chi connectivity index (χ2n) is 2.56. The van der Waals surface area contributed by atoms with Crippen LogP contribution in [-0.2, 0) is 0 Å². The molecule has 0 amide bonds. The Bertz CT molecular complexity index is 380. The largest absolute Gasteiger partial charge is 0.497 e. The Kier molecular flexibility index (Phi) is 2.53. The number of aliphatic hydroxyl groups excluding tert-OH is 1. The van der Waals surface area contributed by atoms with Gasteiger partial charge in [0.15, 0.2) is 0 Å². The van der Waals surface area contributed by atoms with Gasteiger partial charge < -0.3 is 9.84 Å². The van der Waals surface area contributed by atoms with Gasteiger partial charge in [-0.1, -0.05) is 12.1 Å². The molecule has 0 saturated heterocycles. The standard InChI is InChI=1S/C9H11NO4/c1-14-8-4-2-7(3-5-8)9(11)6-10(12)13/h2-5,9,11H,6H2,1H3/i6D2. The summed E-state index contributed by atoms with van der Waals surface area (Å²) in [6.07, 6.45) is -1.81. The lowest BCUT2D eigenvalue weighted by molar-refractivity contribution is -0.491. The maximum atomic E-state index is 10.4. The van der Waals surface area contributed by atoms with Crippen LogP contribution < -0.4 is 4.74 Å². The van der Waals surface area contributed by atoms with Crippen LogP contribution >= 0.6 is 0 Å². The average Bonchev–Trinajstić information content (AvgIpc) is 2.28. The molecule has 0 aliphatic rings. The van der Waals surface area contributed by atoms with Crippen LogP contribution in [0.4, 0.5) is 0 Å². The third kappa shape index (κ3) is 2.70. The van der Waals surface area contributed by atoms with E-state index in [4.69, 9.17) is 7.48 Å². The third-order valence-electron chi connectivity index (χ3n) is 1.66. The molecule has 0 aliphatic carbocycles. The van der Waals surface area contributed by atoms with E-state index in [0.717, 1.165) is 0 Å². The SMILES string of the molecule is [2H]C([2H])(C(O)c1ccc(OC)cc1)[N+](=O)[O-]. The monoisotopic (exact) mass is 199 g/mol. The predicted octanol–water partition coefficient (Wildman–Crippen LogP) is 1.01. The Labute approximate surface area is 83.9 Å². The lowest BCUT2D eigenvalue weighted by atomic mass is 10.1. The number of benzene rings is 1. The van der Waals surface area contributed by atoms with Gasteiger partial charge in [-0.15, -0.1) is 0 Å². The predicted molar refractivity (Wildman–Crippen MR) is 49.8 cm³/mol. The van der Waals surface area contributed by atoms with Crippen molar-refractivity contribution in [2.75, 3.05) is 13.6 Å². The molecule has 5 nitrogen and oxygen atoms in total. The minimum absolute atomic E-state index is 0.127. The smallest absolute Gasteiger partial charge is 0.233 e. The first kappa shape index (κ1) is 7.75. The Morgan fingerprint density at radius 2 is 2.21 bits per heavy atom. The van der Waals surface area contributed by atoms with Crippen molar-refractivity contribution in [2.24, 2.45) is 0 Å². The molecule has 1 unspecified atom stereocenters. The maximum absolute atomic E-state index is 10.4. The van der Waals surface area contributed by atoms with E-state index in [2.05, 4.69) is 0 Å². The minimum Gasteiger partial charge on any atom is -0.497 e. The van der Waals surface area contributed by atoms with Gasteiger partial charge in [-0.3, -0.25) is 10.1 Å². The number of ether oxygens (including phenoxy) is 1. The summed E-state index contributed by atoms with van der Waals surface area (Å²) in [5, 5.41) is 19.9. The number of nitro groups is 1. The highest BCUT2D eigenvalue weighted by Crippen LogP contribution is 2.17. The van der Waals surface area contributed by atoms with Gasteiger partial charge in [0.2, 0.25) is 6.50 Å². The second kappa shape index (κ2) is 4.57. The van der Waals surface area contributed by atoms with Gasteiger partial charge in [-0.2, -0.15) is 0 Å². The average molecular weight is 199 g/mol. The van der Waals surface area contributed by atoms with Crippen LogP contribution in [0.5, 0.6) is 5.75 Å². The molecule has 0 spiro atoms. The van der Waals surface area contributed by atoms with Crippen molar-refractivity contribution in [3.63, 3.8) is 0 Å². The molecule has 1 aromatic rings. The quantitative estimate of drug-likeness (QED) is 0.580. The topological polar surface area (TPSA) is 72.6 Å². The molecule has 5 heteroatoms. The highest BCUT2D eigenvalue weighted by molar-refractivity contribution is 5.28. The number of methoxy groups -OCH3 is 1. The minimum atomic E-state index is -2.91. The van der Waals surface area contributed by atoms with Crippen LogP contribution in [0.25, 0.3) is 0 Å². The summed E-state index contributed by atoms with van der Waals surface area (Å²) in [5.74, 6) is 0.526. The summed E-state index contributed by atoms with van der Waals surface area (Å²) in [4.78, 5) is 9.25. The van der Waals surface area contributed by atoms with Gasteiger partial charge in [-0.25, -0.2) is 0 Å². The van der Waals surface area contributed by atoms with E-state index in [9.17, 15) is 15.2 Å². The summed E-state index contributed by atoms with van der Waals surface area (Å²) in [6, 6.07) is 5.75. The third-order valence-corrected chi connectivity index (χ3v) is 1.66. The fourth-order valence-electron chi connectivity index (χ4n) is 0.961. The normalized spacial score (nSPS) is 15.3. The van der Waals surface area contributed by atoms with E-state index < -0.39 is 17.5 Å². The summed E-state index contributed by atoms with van der Waals surface area (Å²) in [7, 11) is 1.46. The zero-order valence-corrected chi connectivity index (χ0v) is 7.51. The van der Waals surface area contributed by atoms with Crippen molar-refractivity contribution in [1.29, 1.82) is 0 Å². The first-order valence-corrected chi connectivity index (χ1v) is 3.86. The van der Waals surface area contributed by atoms with Crippen molar-refractivity contribution >= 4 is 0 Å². The van der Waals surface area contributed by atoms with Crippen molar-refractivity contribution in [2.45, 2.75) is 6.10 Å². The Balaban J connectivity index is 2.96. The van der Waals surface area contributed by atoms with Gasteiger partial charge in [0, 0.05) is 4.92 Å². The van der Waals surface area contributed by atoms with Crippen LogP contribution in [0.2, 0.25) is 0 Å². The maximum Gasteiger partial charge on any atom is 0.233 e. The Hall–Kier alpha value is -1.62. The molecule has 1 rings (SSSR count). The summed E-state index contributed by atoms with van der Waals surface area (Å²) < 4.78 is 19.1. The molecule has 0 fully saturated rings. The van der Waals surface area contributed by atoms with Gasteiger partial charge >= 0.3 is 0 Å². The summed E-state index contributed by atoms with van der Waals surface area (Å²) in [6.45, 7) is -2.91. The van der Waals surface area contributed by atoms with Crippen LogP contribution in [0.15, 0.2) is 24.3 Å². The van der Waals surface area contributed by atoms with E-state index in [-0.39, 0.29) is 5.56 Å². The summed E-state index contributed by atoms with van der Waals surface area (Å²) in [5.41, 5.74) is 0.127. The van der Waals surface area contributed by atoms with Crippen LogP contribution in [0.1, 0.15) is 14.4 Å². The zero-order chi connectivity index (χ0) is 12.3. The van der Waals surface area contributed by atoms with E-state index in [0.29, 0.717) is 5.75 Å². The molecule has 76 valence electrons. The number of nitrogens with zero attached hydrogens (tertiary/aromatic N) is 1. The highest BCUT2D eigenvalue weighted by Gasteiger charge is 2.13. The number of rotatable bonds is 4. The Morgan fingerprint density at radius 3 is 2.64 bits per heavy atom. The van der Waals surface area contributed by atoms with Gasteiger partial charge in [0.05, 0.1) is 7.11 Å². The second-order valence-corrected chi connectivity index (χ2v) is 2.56. The van der Waals surface area contributed by atoms with Gasteiger partial charge in [0.1, 0.15) is 14.6 Å². The van der Waals surface area contributed by atoms with Crippen molar-refractivity contribution in [1.82, 2.24) is 0 Å². The molecular formula is C9H11NO4. The van der Waals surface area contributed by atoms with Gasteiger partial charge in [0.25, 0.3) is 0 Å². The molecular weight excluding hydrogens is 186 g/mol. The van der Waals surface area contributed by atoms with Crippen molar-refractivity contribution in [3.05, 3.63) is 39.9 Å². The number of hydrogen-bond donors (Lipinski definition) is 1. The first-order chi connectivity index (χ1) is 7.39. The molecule has 0 aliphatic heterocycles. The molecule has 14 heavy (non-hydrogen) atoms.